The fourth-order valence-corrected chi connectivity index (χ4v) is 1.44. The van der Waals surface area contributed by atoms with E-state index in [9.17, 15) is 10.1 Å². The van der Waals surface area contributed by atoms with Gasteiger partial charge in [-0.05, 0) is 18.6 Å². The van der Waals surface area contributed by atoms with Crippen LogP contribution in [-0.4, -0.2) is 32.0 Å². The largest absolute Gasteiger partial charge is 0.494 e. The van der Waals surface area contributed by atoms with Gasteiger partial charge in [0.15, 0.2) is 6.29 Å². The Morgan fingerprint density at radius 1 is 1.22 bits per heavy atom. The average molecular weight is 255 g/mol. The topological polar surface area (TPSA) is 70.8 Å². The summed E-state index contributed by atoms with van der Waals surface area (Å²) < 4.78 is 15.5. The van der Waals surface area contributed by atoms with Gasteiger partial charge in [-0.2, -0.15) is 0 Å². The summed E-state index contributed by atoms with van der Waals surface area (Å²) in [5, 5.41) is 10.5. The summed E-state index contributed by atoms with van der Waals surface area (Å²) in [6.45, 7) is 0.515. The van der Waals surface area contributed by atoms with E-state index in [4.69, 9.17) is 14.2 Å². The van der Waals surface area contributed by atoms with Crippen LogP contribution in [0.4, 0.5) is 5.69 Å². The van der Waals surface area contributed by atoms with Crippen LogP contribution in [0.15, 0.2) is 24.3 Å². The van der Waals surface area contributed by atoms with E-state index in [2.05, 4.69) is 0 Å². The Hall–Kier alpha value is -1.66. The molecule has 0 N–H and O–H groups in total. The highest BCUT2D eigenvalue weighted by Crippen LogP contribution is 2.17. The van der Waals surface area contributed by atoms with Gasteiger partial charge in [0.2, 0.25) is 0 Å². The first-order valence-corrected chi connectivity index (χ1v) is 5.60. The van der Waals surface area contributed by atoms with E-state index in [0.29, 0.717) is 12.4 Å². The van der Waals surface area contributed by atoms with Crippen molar-refractivity contribution in [3.63, 3.8) is 0 Å². The van der Waals surface area contributed by atoms with Crippen LogP contribution in [0.1, 0.15) is 12.8 Å². The number of non-ortho nitro benzene ring substituents is 1. The second kappa shape index (κ2) is 7.62. The molecule has 0 radical (unpaired) electrons. The van der Waals surface area contributed by atoms with E-state index in [1.165, 1.54) is 12.1 Å². The van der Waals surface area contributed by atoms with Crippen molar-refractivity contribution in [2.24, 2.45) is 0 Å². The van der Waals surface area contributed by atoms with Crippen LogP contribution < -0.4 is 4.74 Å². The smallest absolute Gasteiger partial charge is 0.269 e. The van der Waals surface area contributed by atoms with Crippen molar-refractivity contribution in [3.8, 4) is 5.75 Å². The maximum atomic E-state index is 10.5. The molecule has 1 aromatic rings. The van der Waals surface area contributed by atoms with Crippen molar-refractivity contribution in [3.05, 3.63) is 34.4 Å². The molecule has 0 aliphatic rings. The van der Waals surface area contributed by atoms with Gasteiger partial charge in [-0.3, -0.25) is 10.1 Å². The molecule has 0 aliphatic heterocycles. The van der Waals surface area contributed by atoms with Crippen LogP contribution in [0, 0.1) is 10.1 Å². The van der Waals surface area contributed by atoms with E-state index in [1.807, 2.05) is 0 Å². The summed E-state index contributed by atoms with van der Waals surface area (Å²) in [6.07, 6.45) is 1.30. The lowest BCUT2D eigenvalue weighted by molar-refractivity contribution is -0.384. The number of methoxy groups -OCH3 is 2. The number of hydrogen-bond donors (Lipinski definition) is 0. The minimum Gasteiger partial charge on any atom is -0.494 e. The van der Waals surface area contributed by atoms with Crippen LogP contribution in [0.25, 0.3) is 0 Å². The molecule has 6 heteroatoms. The Morgan fingerprint density at radius 2 is 1.83 bits per heavy atom. The SMILES string of the molecule is COC(CCCOc1ccc([N+](=O)[O-])cc1)OC. The Bertz CT molecular complexity index is 361. The van der Waals surface area contributed by atoms with Gasteiger partial charge in [0.05, 0.1) is 11.5 Å². The van der Waals surface area contributed by atoms with Crippen molar-refractivity contribution in [2.75, 3.05) is 20.8 Å². The first kappa shape index (κ1) is 14.4. The Kier molecular flexibility index (Phi) is 6.10. The molecule has 0 spiro atoms. The summed E-state index contributed by atoms with van der Waals surface area (Å²) in [4.78, 5) is 10.0. The predicted octanol–water partition coefficient (Wildman–Crippen LogP) is 2.37. The normalized spacial score (nSPS) is 10.6. The van der Waals surface area contributed by atoms with Gasteiger partial charge < -0.3 is 14.2 Å². The van der Waals surface area contributed by atoms with E-state index in [1.54, 1.807) is 26.4 Å². The number of nitro groups is 1. The fraction of sp³-hybridized carbons (Fsp3) is 0.500. The van der Waals surface area contributed by atoms with Crippen LogP contribution in [-0.2, 0) is 9.47 Å². The van der Waals surface area contributed by atoms with Gasteiger partial charge in [0, 0.05) is 32.8 Å². The van der Waals surface area contributed by atoms with E-state index in [-0.39, 0.29) is 12.0 Å². The molecule has 1 aromatic carbocycles. The third-order valence-electron chi connectivity index (χ3n) is 2.43. The van der Waals surface area contributed by atoms with Gasteiger partial charge in [0.25, 0.3) is 5.69 Å². The van der Waals surface area contributed by atoms with Crippen molar-refractivity contribution < 1.29 is 19.1 Å². The minimum absolute atomic E-state index is 0.0566. The number of benzene rings is 1. The quantitative estimate of drug-likeness (QED) is 0.308. The predicted molar refractivity (Wildman–Crippen MR) is 65.6 cm³/mol. The second-order valence-electron chi connectivity index (χ2n) is 3.64. The standard InChI is InChI=1S/C12H17NO5/c1-16-12(17-2)4-3-9-18-11-7-5-10(6-8-11)13(14)15/h5-8,12H,3-4,9H2,1-2H3. The minimum atomic E-state index is -0.439. The summed E-state index contributed by atoms with van der Waals surface area (Å²) in [7, 11) is 3.18. The zero-order chi connectivity index (χ0) is 13.4. The molecular weight excluding hydrogens is 238 g/mol. The van der Waals surface area contributed by atoms with Crippen molar-refractivity contribution in [1.82, 2.24) is 0 Å². The molecule has 1 rings (SSSR count). The van der Waals surface area contributed by atoms with Gasteiger partial charge in [-0.15, -0.1) is 0 Å². The first-order chi connectivity index (χ1) is 8.67. The molecule has 0 saturated carbocycles. The second-order valence-corrected chi connectivity index (χ2v) is 3.64. The summed E-state index contributed by atoms with van der Waals surface area (Å²) >= 11 is 0. The molecule has 0 amide bonds. The van der Waals surface area contributed by atoms with Crippen LogP contribution in [0.2, 0.25) is 0 Å². The third kappa shape index (κ3) is 4.68. The summed E-state index contributed by atoms with van der Waals surface area (Å²) in [5.74, 6) is 0.618. The molecule has 0 aromatic heterocycles. The molecule has 0 aliphatic carbocycles. The van der Waals surface area contributed by atoms with Crippen molar-refractivity contribution in [1.29, 1.82) is 0 Å². The van der Waals surface area contributed by atoms with Crippen LogP contribution >= 0.6 is 0 Å². The van der Waals surface area contributed by atoms with Crippen molar-refractivity contribution in [2.45, 2.75) is 19.1 Å². The molecule has 18 heavy (non-hydrogen) atoms. The lowest BCUT2D eigenvalue weighted by atomic mass is 10.3. The highest BCUT2D eigenvalue weighted by Gasteiger charge is 2.06. The fourth-order valence-electron chi connectivity index (χ4n) is 1.44. The number of ether oxygens (including phenoxy) is 3. The van der Waals surface area contributed by atoms with E-state index < -0.39 is 4.92 Å². The summed E-state index contributed by atoms with van der Waals surface area (Å²) in [6, 6.07) is 6.01. The van der Waals surface area contributed by atoms with E-state index >= 15 is 0 Å². The molecule has 0 fully saturated rings. The summed E-state index contributed by atoms with van der Waals surface area (Å²) in [5.41, 5.74) is 0.0566. The van der Waals surface area contributed by atoms with Gasteiger partial charge >= 0.3 is 0 Å². The Balaban J connectivity index is 2.29. The highest BCUT2D eigenvalue weighted by atomic mass is 16.7. The lowest BCUT2D eigenvalue weighted by Crippen LogP contribution is -2.14. The number of nitrogens with zero attached hydrogens (tertiary/aromatic N) is 1. The molecule has 100 valence electrons. The highest BCUT2D eigenvalue weighted by molar-refractivity contribution is 5.35. The third-order valence-corrected chi connectivity index (χ3v) is 2.43. The number of hydrogen-bond acceptors (Lipinski definition) is 5. The molecular formula is C12H17NO5. The monoisotopic (exact) mass is 255 g/mol. The maximum absolute atomic E-state index is 10.5. The maximum Gasteiger partial charge on any atom is 0.269 e. The molecule has 0 atom stereocenters. The Labute approximate surface area is 106 Å². The number of rotatable bonds is 8. The zero-order valence-electron chi connectivity index (χ0n) is 10.5. The van der Waals surface area contributed by atoms with E-state index in [0.717, 1.165) is 12.8 Å². The van der Waals surface area contributed by atoms with Gasteiger partial charge in [-0.1, -0.05) is 0 Å². The lowest BCUT2D eigenvalue weighted by Gasteiger charge is -2.13. The zero-order valence-corrected chi connectivity index (χ0v) is 10.5. The molecule has 0 saturated heterocycles. The molecule has 0 unspecified atom stereocenters. The van der Waals surface area contributed by atoms with Crippen molar-refractivity contribution >= 4 is 5.69 Å². The molecule has 0 heterocycles. The van der Waals surface area contributed by atoms with Crippen LogP contribution in [0.3, 0.4) is 0 Å². The molecule has 0 bridgehead atoms. The Morgan fingerprint density at radius 3 is 2.33 bits per heavy atom. The first-order valence-electron chi connectivity index (χ1n) is 5.60. The van der Waals surface area contributed by atoms with Gasteiger partial charge in [-0.25, -0.2) is 0 Å². The number of nitro benzene ring substituents is 1. The average Bonchev–Trinajstić information content (AvgIpc) is 2.39. The van der Waals surface area contributed by atoms with Gasteiger partial charge in [0.1, 0.15) is 5.75 Å². The molecule has 6 nitrogen and oxygen atoms in total. The van der Waals surface area contributed by atoms with Crippen LogP contribution in [0.5, 0.6) is 5.75 Å².